The molecule has 0 fully saturated rings. The third-order valence-electron chi connectivity index (χ3n) is 3.99. The van der Waals surface area contributed by atoms with Crippen LogP contribution in [0.2, 0.25) is 5.02 Å². The van der Waals surface area contributed by atoms with Crippen LogP contribution in [0.1, 0.15) is 17.0 Å². The van der Waals surface area contributed by atoms with Gasteiger partial charge in [0.2, 0.25) is 0 Å². The number of benzene rings is 3. The Morgan fingerprint density at radius 3 is 2.48 bits per heavy atom. The van der Waals surface area contributed by atoms with E-state index in [-0.39, 0.29) is 5.92 Å². The van der Waals surface area contributed by atoms with Gasteiger partial charge in [0, 0.05) is 10.6 Å². The van der Waals surface area contributed by atoms with Crippen LogP contribution in [-0.2, 0) is 0 Å². The molecule has 1 nitrogen and oxygen atoms in total. The fraction of sp³-hybridized carbons (Fsp3) is 0.0526. The van der Waals surface area contributed by atoms with Gasteiger partial charge in [-0.3, -0.25) is 0 Å². The molecule has 0 saturated heterocycles. The zero-order valence-electron chi connectivity index (χ0n) is 11.3. The maximum absolute atomic E-state index is 6.00. The van der Waals surface area contributed by atoms with Crippen LogP contribution in [0.4, 0.5) is 0 Å². The van der Waals surface area contributed by atoms with E-state index in [1.165, 1.54) is 16.3 Å². The van der Waals surface area contributed by atoms with Crippen molar-refractivity contribution in [3.63, 3.8) is 0 Å². The molecule has 0 spiro atoms. The summed E-state index contributed by atoms with van der Waals surface area (Å²) in [5, 5.41) is 3.17. The van der Waals surface area contributed by atoms with E-state index in [1.807, 2.05) is 30.3 Å². The Morgan fingerprint density at radius 2 is 1.67 bits per heavy atom. The van der Waals surface area contributed by atoms with Crippen LogP contribution >= 0.6 is 11.6 Å². The summed E-state index contributed by atoms with van der Waals surface area (Å²) in [7, 11) is 0. The van der Waals surface area contributed by atoms with E-state index < -0.39 is 0 Å². The Hall–Kier alpha value is -2.25. The van der Waals surface area contributed by atoms with Crippen LogP contribution < -0.4 is 4.74 Å². The van der Waals surface area contributed by atoms with Crippen molar-refractivity contribution in [2.45, 2.75) is 5.92 Å². The van der Waals surface area contributed by atoms with Crippen molar-refractivity contribution in [3.05, 3.63) is 89.2 Å². The molecule has 1 unspecified atom stereocenters. The predicted octanol–water partition coefficient (Wildman–Crippen LogP) is 5.53. The largest absolute Gasteiger partial charge is 0.461 e. The summed E-state index contributed by atoms with van der Waals surface area (Å²) < 4.78 is 5.88. The van der Waals surface area contributed by atoms with E-state index in [0.29, 0.717) is 0 Å². The molecule has 0 radical (unpaired) electrons. The second-order valence-corrected chi connectivity index (χ2v) is 5.69. The van der Waals surface area contributed by atoms with Gasteiger partial charge in [0.05, 0.1) is 5.92 Å². The van der Waals surface area contributed by atoms with Crippen molar-refractivity contribution in [3.8, 4) is 5.75 Å². The second-order valence-electron chi connectivity index (χ2n) is 5.25. The summed E-state index contributed by atoms with van der Waals surface area (Å²) in [6, 6.07) is 20.4. The van der Waals surface area contributed by atoms with Gasteiger partial charge in [-0.1, -0.05) is 60.6 Å². The quantitative estimate of drug-likeness (QED) is 0.573. The van der Waals surface area contributed by atoms with E-state index in [1.54, 1.807) is 0 Å². The van der Waals surface area contributed by atoms with E-state index in [4.69, 9.17) is 16.3 Å². The van der Waals surface area contributed by atoms with E-state index in [9.17, 15) is 0 Å². The molecule has 0 aromatic heterocycles. The SMILES string of the molecule is C=C1Oc2ccc3ccccc3c2C1c1ccc(Cl)cc1. The summed E-state index contributed by atoms with van der Waals surface area (Å²) >= 11 is 6.00. The van der Waals surface area contributed by atoms with E-state index in [0.717, 1.165) is 22.1 Å². The van der Waals surface area contributed by atoms with Crippen molar-refractivity contribution in [2.75, 3.05) is 0 Å². The summed E-state index contributed by atoms with van der Waals surface area (Å²) in [5.41, 5.74) is 2.35. The Kier molecular flexibility index (Phi) is 2.76. The molecule has 1 heterocycles. The highest BCUT2D eigenvalue weighted by Gasteiger charge is 2.31. The van der Waals surface area contributed by atoms with Gasteiger partial charge in [-0.05, 0) is 34.5 Å². The first-order chi connectivity index (χ1) is 10.2. The molecule has 1 atom stereocenters. The maximum atomic E-state index is 6.00. The smallest absolute Gasteiger partial charge is 0.131 e. The lowest BCUT2D eigenvalue weighted by Gasteiger charge is -2.12. The summed E-state index contributed by atoms with van der Waals surface area (Å²) in [6.07, 6.45) is 0. The number of hydrogen-bond acceptors (Lipinski definition) is 1. The fourth-order valence-corrected chi connectivity index (χ4v) is 3.16. The lowest BCUT2D eigenvalue weighted by atomic mass is 9.88. The number of allylic oxidation sites excluding steroid dienone is 1. The van der Waals surface area contributed by atoms with Crippen LogP contribution in [-0.4, -0.2) is 0 Å². The molecule has 3 aromatic carbocycles. The molecule has 4 rings (SSSR count). The van der Waals surface area contributed by atoms with Crippen molar-refractivity contribution < 1.29 is 4.74 Å². The van der Waals surface area contributed by atoms with Crippen molar-refractivity contribution in [1.82, 2.24) is 0 Å². The lowest BCUT2D eigenvalue weighted by Crippen LogP contribution is -2.00. The predicted molar refractivity (Wildman–Crippen MR) is 87.0 cm³/mol. The molecule has 2 heteroatoms. The molecule has 0 amide bonds. The van der Waals surface area contributed by atoms with Crippen LogP contribution in [0.3, 0.4) is 0 Å². The van der Waals surface area contributed by atoms with Gasteiger partial charge < -0.3 is 4.74 Å². The minimum atomic E-state index is 0.0587. The van der Waals surface area contributed by atoms with Gasteiger partial charge in [0.25, 0.3) is 0 Å². The topological polar surface area (TPSA) is 9.23 Å². The van der Waals surface area contributed by atoms with Crippen molar-refractivity contribution >= 4 is 22.4 Å². The maximum Gasteiger partial charge on any atom is 0.131 e. The second kappa shape index (κ2) is 4.64. The number of halogens is 1. The van der Waals surface area contributed by atoms with Gasteiger partial charge in [0.15, 0.2) is 0 Å². The average molecular weight is 293 g/mol. The molecule has 0 saturated carbocycles. The third kappa shape index (κ3) is 1.93. The average Bonchev–Trinajstić information content (AvgIpc) is 2.85. The van der Waals surface area contributed by atoms with Crippen LogP contribution in [0.15, 0.2) is 73.0 Å². The highest BCUT2D eigenvalue weighted by Crippen LogP contribution is 2.47. The molecule has 1 aliphatic heterocycles. The van der Waals surface area contributed by atoms with Crippen molar-refractivity contribution in [2.24, 2.45) is 0 Å². The Labute approximate surface area is 128 Å². The molecule has 3 aromatic rings. The molecule has 0 bridgehead atoms. The van der Waals surface area contributed by atoms with E-state index >= 15 is 0 Å². The van der Waals surface area contributed by atoms with Crippen LogP contribution in [0, 0.1) is 0 Å². The highest BCUT2D eigenvalue weighted by molar-refractivity contribution is 6.30. The molecular formula is C19H13ClO. The van der Waals surface area contributed by atoms with Gasteiger partial charge in [-0.2, -0.15) is 0 Å². The Balaban J connectivity index is 1.98. The zero-order chi connectivity index (χ0) is 14.4. The third-order valence-corrected chi connectivity index (χ3v) is 4.24. The van der Waals surface area contributed by atoms with Gasteiger partial charge >= 0.3 is 0 Å². The minimum Gasteiger partial charge on any atom is -0.461 e. The number of rotatable bonds is 1. The normalized spacial score (nSPS) is 16.8. The molecule has 0 aliphatic carbocycles. The van der Waals surface area contributed by atoms with Gasteiger partial charge in [-0.15, -0.1) is 0 Å². The monoisotopic (exact) mass is 292 g/mol. The minimum absolute atomic E-state index is 0.0587. The van der Waals surface area contributed by atoms with Gasteiger partial charge in [0.1, 0.15) is 11.5 Å². The lowest BCUT2D eigenvalue weighted by molar-refractivity contribution is 0.439. The summed E-state index contributed by atoms with van der Waals surface area (Å²) in [6.45, 7) is 4.10. The number of hydrogen-bond donors (Lipinski definition) is 0. The first kappa shape index (κ1) is 12.5. The molecular weight excluding hydrogens is 280 g/mol. The summed E-state index contributed by atoms with van der Waals surface area (Å²) in [4.78, 5) is 0. The molecule has 102 valence electrons. The number of fused-ring (bicyclic) bond motifs is 3. The molecule has 0 N–H and O–H groups in total. The van der Waals surface area contributed by atoms with E-state index in [2.05, 4.69) is 36.9 Å². The van der Waals surface area contributed by atoms with Crippen LogP contribution in [0.25, 0.3) is 10.8 Å². The molecule has 21 heavy (non-hydrogen) atoms. The van der Waals surface area contributed by atoms with Crippen molar-refractivity contribution in [1.29, 1.82) is 0 Å². The highest BCUT2D eigenvalue weighted by atomic mass is 35.5. The Bertz CT molecular complexity index is 849. The standard InChI is InChI=1S/C19H13ClO/c1-12-18(14-6-9-15(20)10-7-14)19-16-5-3-2-4-13(16)8-11-17(19)21-12/h2-11,18H,1H2. The fourth-order valence-electron chi connectivity index (χ4n) is 3.03. The summed E-state index contributed by atoms with van der Waals surface area (Å²) in [5.74, 6) is 1.73. The molecule has 1 aliphatic rings. The first-order valence-corrected chi connectivity index (χ1v) is 7.25. The van der Waals surface area contributed by atoms with Crippen LogP contribution in [0.5, 0.6) is 5.75 Å². The number of ether oxygens (including phenoxy) is 1. The zero-order valence-corrected chi connectivity index (χ0v) is 12.1. The Morgan fingerprint density at radius 1 is 0.905 bits per heavy atom. The van der Waals surface area contributed by atoms with Gasteiger partial charge in [-0.25, -0.2) is 0 Å². The first-order valence-electron chi connectivity index (χ1n) is 6.88.